The van der Waals surface area contributed by atoms with Crippen LogP contribution in [0.3, 0.4) is 0 Å². The van der Waals surface area contributed by atoms with Gasteiger partial charge in [-0.05, 0) is 24.8 Å². The fourth-order valence-electron chi connectivity index (χ4n) is 2.64. The fourth-order valence-corrected chi connectivity index (χ4v) is 2.64. The van der Waals surface area contributed by atoms with Gasteiger partial charge in [0.15, 0.2) is 0 Å². The van der Waals surface area contributed by atoms with Crippen LogP contribution < -0.4 is 14.8 Å². The van der Waals surface area contributed by atoms with Gasteiger partial charge >= 0.3 is 0 Å². The van der Waals surface area contributed by atoms with Gasteiger partial charge in [0.05, 0.1) is 13.7 Å². The zero-order valence-corrected chi connectivity index (χ0v) is 12.9. The molecule has 0 aliphatic heterocycles. The number of benzene rings is 1. The quantitative estimate of drug-likeness (QED) is 0.823. The van der Waals surface area contributed by atoms with Gasteiger partial charge in [0.25, 0.3) is 0 Å². The lowest BCUT2D eigenvalue weighted by molar-refractivity contribution is 0.248. The molecule has 2 rings (SSSR count). The number of hydrogen-bond donors (Lipinski definition) is 1. The molecule has 0 heterocycles. The van der Waals surface area contributed by atoms with Gasteiger partial charge in [0.2, 0.25) is 0 Å². The fraction of sp³-hybridized carbons (Fsp3) is 0.647. The standard InChI is InChI=1S/C17H27NO2/c1-13(2)18-11-15-8-9-16(19-3)10-17(15)20-12-14-6-4-5-7-14/h8-10,13-14,18H,4-7,11-12H2,1-3H3. The lowest BCUT2D eigenvalue weighted by Gasteiger charge is -2.17. The average Bonchev–Trinajstić information content (AvgIpc) is 2.96. The number of nitrogens with one attached hydrogen (secondary N) is 1. The first-order valence-corrected chi connectivity index (χ1v) is 7.72. The molecular formula is C17H27NO2. The van der Waals surface area contributed by atoms with E-state index in [1.54, 1.807) is 7.11 Å². The Hall–Kier alpha value is -1.22. The van der Waals surface area contributed by atoms with Crippen LogP contribution >= 0.6 is 0 Å². The minimum absolute atomic E-state index is 0.472. The van der Waals surface area contributed by atoms with E-state index in [1.807, 2.05) is 12.1 Å². The van der Waals surface area contributed by atoms with Gasteiger partial charge < -0.3 is 14.8 Å². The topological polar surface area (TPSA) is 30.5 Å². The Morgan fingerprint density at radius 3 is 2.65 bits per heavy atom. The van der Waals surface area contributed by atoms with Gasteiger partial charge in [0.1, 0.15) is 11.5 Å². The van der Waals surface area contributed by atoms with Gasteiger partial charge in [-0.1, -0.05) is 32.8 Å². The Morgan fingerprint density at radius 1 is 1.25 bits per heavy atom. The van der Waals surface area contributed by atoms with Crippen molar-refractivity contribution in [3.8, 4) is 11.5 Å². The Balaban J connectivity index is 2.01. The Bertz CT molecular complexity index is 411. The molecule has 1 aliphatic carbocycles. The van der Waals surface area contributed by atoms with E-state index in [2.05, 4.69) is 25.2 Å². The van der Waals surface area contributed by atoms with Crippen LogP contribution in [0.2, 0.25) is 0 Å². The van der Waals surface area contributed by atoms with E-state index in [9.17, 15) is 0 Å². The molecule has 1 aliphatic rings. The summed E-state index contributed by atoms with van der Waals surface area (Å²) in [4.78, 5) is 0. The minimum atomic E-state index is 0.472. The number of hydrogen-bond acceptors (Lipinski definition) is 3. The summed E-state index contributed by atoms with van der Waals surface area (Å²) in [7, 11) is 1.70. The van der Waals surface area contributed by atoms with Gasteiger partial charge in [-0.3, -0.25) is 0 Å². The smallest absolute Gasteiger partial charge is 0.127 e. The van der Waals surface area contributed by atoms with Crippen molar-refractivity contribution < 1.29 is 9.47 Å². The predicted molar refractivity (Wildman–Crippen MR) is 82.4 cm³/mol. The summed E-state index contributed by atoms with van der Waals surface area (Å²) in [5.74, 6) is 2.55. The summed E-state index contributed by atoms with van der Waals surface area (Å²) >= 11 is 0. The van der Waals surface area contributed by atoms with E-state index < -0.39 is 0 Å². The average molecular weight is 277 g/mol. The van der Waals surface area contributed by atoms with Crippen molar-refractivity contribution in [1.29, 1.82) is 0 Å². The molecule has 1 N–H and O–H groups in total. The van der Waals surface area contributed by atoms with Crippen molar-refractivity contribution >= 4 is 0 Å². The van der Waals surface area contributed by atoms with Crippen LogP contribution in [0, 0.1) is 5.92 Å². The monoisotopic (exact) mass is 277 g/mol. The van der Waals surface area contributed by atoms with Crippen LogP contribution in [0.15, 0.2) is 18.2 Å². The number of rotatable bonds is 7. The molecule has 0 aromatic heterocycles. The summed E-state index contributed by atoms with van der Waals surface area (Å²) < 4.78 is 11.4. The molecule has 112 valence electrons. The zero-order valence-electron chi connectivity index (χ0n) is 12.9. The van der Waals surface area contributed by atoms with E-state index >= 15 is 0 Å². The van der Waals surface area contributed by atoms with Crippen molar-refractivity contribution in [1.82, 2.24) is 5.32 Å². The van der Waals surface area contributed by atoms with Crippen LogP contribution in [-0.4, -0.2) is 19.8 Å². The molecule has 1 saturated carbocycles. The zero-order chi connectivity index (χ0) is 14.4. The highest BCUT2D eigenvalue weighted by Crippen LogP contribution is 2.29. The van der Waals surface area contributed by atoms with Gasteiger partial charge in [-0.2, -0.15) is 0 Å². The third-order valence-electron chi connectivity index (χ3n) is 3.92. The van der Waals surface area contributed by atoms with E-state index in [1.165, 1.54) is 31.2 Å². The first-order chi connectivity index (χ1) is 9.69. The maximum absolute atomic E-state index is 6.08. The second kappa shape index (κ2) is 7.53. The second-order valence-corrected chi connectivity index (χ2v) is 5.97. The summed E-state index contributed by atoms with van der Waals surface area (Å²) in [5.41, 5.74) is 1.21. The summed E-state index contributed by atoms with van der Waals surface area (Å²) in [5, 5.41) is 3.45. The van der Waals surface area contributed by atoms with Gasteiger partial charge in [-0.15, -0.1) is 0 Å². The van der Waals surface area contributed by atoms with Crippen LogP contribution in [-0.2, 0) is 6.54 Å². The SMILES string of the molecule is COc1ccc(CNC(C)C)c(OCC2CCCC2)c1. The largest absolute Gasteiger partial charge is 0.497 e. The third-order valence-corrected chi connectivity index (χ3v) is 3.92. The van der Waals surface area contributed by atoms with Crippen molar-refractivity contribution in [2.45, 2.75) is 52.1 Å². The molecule has 20 heavy (non-hydrogen) atoms. The maximum atomic E-state index is 6.08. The highest BCUT2D eigenvalue weighted by atomic mass is 16.5. The molecule has 0 radical (unpaired) electrons. The highest BCUT2D eigenvalue weighted by molar-refractivity contribution is 5.40. The maximum Gasteiger partial charge on any atom is 0.127 e. The van der Waals surface area contributed by atoms with E-state index in [-0.39, 0.29) is 0 Å². The molecule has 3 heteroatoms. The summed E-state index contributed by atoms with van der Waals surface area (Å²) in [6.45, 7) is 5.98. The molecule has 0 bridgehead atoms. The Morgan fingerprint density at radius 2 is 2.00 bits per heavy atom. The lowest BCUT2D eigenvalue weighted by Crippen LogP contribution is -2.22. The van der Waals surface area contributed by atoms with Crippen LogP contribution in [0.4, 0.5) is 0 Å². The van der Waals surface area contributed by atoms with Crippen molar-refractivity contribution in [2.75, 3.05) is 13.7 Å². The number of methoxy groups -OCH3 is 1. The van der Waals surface area contributed by atoms with E-state index in [4.69, 9.17) is 9.47 Å². The van der Waals surface area contributed by atoms with Gasteiger partial charge in [0, 0.05) is 24.2 Å². The first kappa shape index (κ1) is 15.2. The molecular weight excluding hydrogens is 250 g/mol. The van der Waals surface area contributed by atoms with E-state index in [0.717, 1.165) is 30.6 Å². The minimum Gasteiger partial charge on any atom is -0.497 e. The predicted octanol–water partition coefficient (Wildman–Crippen LogP) is 3.76. The third kappa shape index (κ3) is 4.41. The molecule has 0 spiro atoms. The molecule has 0 saturated heterocycles. The molecule has 3 nitrogen and oxygen atoms in total. The van der Waals surface area contributed by atoms with Crippen LogP contribution in [0.25, 0.3) is 0 Å². The molecule has 1 aromatic rings. The molecule has 0 unspecified atom stereocenters. The summed E-state index contributed by atoms with van der Waals surface area (Å²) in [6.07, 6.45) is 5.33. The lowest BCUT2D eigenvalue weighted by atomic mass is 10.1. The van der Waals surface area contributed by atoms with Crippen molar-refractivity contribution in [2.24, 2.45) is 5.92 Å². The Labute approximate surface area is 122 Å². The first-order valence-electron chi connectivity index (χ1n) is 7.72. The second-order valence-electron chi connectivity index (χ2n) is 5.97. The van der Waals surface area contributed by atoms with Crippen molar-refractivity contribution in [3.63, 3.8) is 0 Å². The van der Waals surface area contributed by atoms with Gasteiger partial charge in [-0.25, -0.2) is 0 Å². The summed E-state index contributed by atoms with van der Waals surface area (Å²) in [6, 6.07) is 6.57. The number of ether oxygens (including phenoxy) is 2. The molecule has 0 amide bonds. The van der Waals surface area contributed by atoms with Crippen LogP contribution in [0.5, 0.6) is 11.5 Å². The molecule has 1 fully saturated rings. The normalized spacial score (nSPS) is 15.8. The van der Waals surface area contributed by atoms with Crippen LogP contribution in [0.1, 0.15) is 45.1 Å². The highest BCUT2D eigenvalue weighted by Gasteiger charge is 2.16. The Kier molecular flexibility index (Phi) is 5.72. The van der Waals surface area contributed by atoms with E-state index in [0.29, 0.717) is 6.04 Å². The molecule has 0 atom stereocenters. The van der Waals surface area contributed by atoms with Crippen molar-refractivity contribution in [3.05, 3.63) is 23.8 Å². The molecule has 1 aromatic carbocycles.